The zero-order chi connectivity index (χ0) is 17.8. The molecule has 0 saturated heterocycles. The van der Waals surface area contributed by atoms with E-state index in [0.717, 1.165) is 12.1 Å². The first-order chi connectivity index (χ1) is 12.1. The molecule has 128 valence electrons. The summed E-state index contributed by atoms with van der Waals surface area (Å²) in [5.41, 5.74) is 3.04. The zero-order valence-corrected chi connectivity index (χ0v) is 14.2. The molecule has 0 aliphatic heterocycles. The fraction of sp³-hybridized carbons (Fsp3) is 0.211. The topological polar surface area (TPSA) is 72.7 Å². The van der Waals surface area contributed by atoms with Crippen LogP contribution in [0.3, 0.4) is 0 Å². The number of carbonyl (C=O) groups is 2. The SMILES string of the molecule is CCCOC(=O)c1cccc(NC(=O)c2ccn3cc(C)nc3c2)c1. The van der Waals surface area contributed by atoms with Gasteiger partial charge in [-0.1, -0.05) is 13.0 Å². The van der Waals surface area contributed by atoms with Crippen LogP contribution in [-0.2, 0) is 4.74 Å². The van der Waals surface area contributed by atoms with Gasteiger partial charge in [-0.05, 0) is 43.7 Å². The monoisotopic (exact) mass is 337 g/mol. The molecule has 0 aliphatic rings. The highest BCUT2D eigenvalue weighted by Crippen LogP contribution is 2.14. The second-order valence-electron chi connectivity index (χ2n) is 5.73. The van der Waals surface area contributed by atoms with E-state index in [9.17, 15) is 9.59 Å². The van der Waals surface area contributed by atoms with Crippen LogP contribution in [0.15, 0.2) is 48.8 Å². The summed E-state index contributed by atoms with van der Waals surface area (Å²) in [7, 11) is 0. The molecule has 0 bridgehead atoms. The number of amides is 1. The third-order valence-corrected chi connectivity index (χ3v) is 3.64. The number of esters is 1. The Hall–Kier alpha value is -3.15. The summed E-state index contributed by atoms with van der Waals surface area (Å²) >= 11 is 0. The van der Waals surface area contributed by atoms with Gasteiger partial charge in [0.15, 0.2) is 0 Å². The predicted molar refractivity (Wildman–Crippen MR) is 94.9 cm³/mol. The van der Waals surface area contributed by atoms with E-state index < -0.39 is 5.97 Å². The van der Waals surface area contributed by atoms with Crippen LogP contribution in [0.5, 0.6) is 0 Å². The highest BCUT2D eigenvalue weighted by atomic mass is 16.5. The number of aromatic nitrogens is 2. The number of hydrogen-bond donors (Lipinski definition) is 1. The molecule has 25 heavy (non-hydrogen) atoms. The van der Waals surface area contributed by atoms with Crippen LogP contribution in [0.1, 0.15) is 39.8 Å². The van der Waals surface area contributed by atoms with Crippen molar-refractivity contribution in [3.63, 3.8) is 0 Å². The Labute approximate surface area is 145 Å². The van der Waals surface area contributed by atoms with Crippen molar-refractivity contribution in [1.29, 1.82) is 0 Å². The van der Waals surface area contributed by atoms with Gasteiger partial charge in [-0.3, -0.25) is 4.79 Å². The minimum absolute atomic E-state index is 0.262. The van der Waals surface area contributed by atoms with E-state index in [4.69, 9.17) is 4.74 Å². The maximum Gasteiger partial charge on any atom is 0.338 e. The Morgan fingerprint density at radius 1 is 1.20 bits per heavy atom. The fourth-order valence-electron chi connectivity index (χ4n) is 2.46. The number of pyridine rings is 1. The van der Waals surface area contributed by atoms with Gasteiger partial charge in [0.25, 0.3) is 5.91 Å². The smallest absolute Gasteiger partial charge is 0.338 e. The van der Waals surface area contributed by atoms with Crippen molar-refractivity contribution < 1.29 is 14.3 Å². The number of fused-ring (bicyclic) bond motifs is 1. The Morgan fingerprint density at radius 2 is 2.04 bits per heavy atom. The minimum atomic E-state index is -0.396. The van der Waals surface area contributed by atoms with Crippen LogP contribution in [-0.4, -0.2) is 27.9 Å². The number of aryl methyl sites for hydroxylation is 1. The lowest BCUT2D eigenvalue weighted by atomic mass is 10.2. The van der Waals surface area contributed by atoms with Gasteiger partial charge in [0.05, 0.1) is 17.9 Å². The lowest BCUT2D eigenvalue weighted by Gasteiger charge is -2.08. The molecule has 6 heteroatoms. The van der Waals surface area contributed by atoms with Crippen LogP contribution in [0, 0.1) is 6.92 Å². The van der Waals surface area contributed by atoms with E-state index in [1.807, 2.05) is 24.4 Å². The molecule has 0 atom stereocenters. The van der Waals surface area contributed by atoms with Gasteiger partial charge in [-0.2, -0.15) is 0 Å². The molecule has 1 amide bonds. The Balaban J connectivity index is 1.76. The summed E-state index contributed by atoms with van der Waals surface area (Å²) in [5, 5.41) is 2.80. The predicted octanol–water partition coefficient (Wildman–Crippen LogP) is 3.46. The molecular formula is C19H19N3O3. The summed E-state index contributed by atoms with van der Waals surface area (Å²) in [6.07, 6.45) is 4.45. The molecule has 1 aromatic carbocycles. The molecule has 0 aliphatic carbocycles. The molecule has 2 aromatic heterocycles. The number of carbonyl (C=O) groups excluding carboxylic acids is 2. The van der Waals surface area contributed by atoms with E-state index in [-0.39, 0.29) is 5.91 Å². The van der Waals surface area contributed by atoms with Crippen molar-refractivity contribution in [3.05, 3.63) is 65.6 Å². The van der Waals surface area contributed by atoms with Crippen molar-refractivity contribution in [2.75, 3.05) is 11.9 Å². The van der Waals surface area contributed by atoms with E-state index in [0.29, 0.717) is 29.1 Å². The number of ether oxygens (including phenoxy) is 1. The second-order valence-corrected chi connectivity index (χ2v) is 5.73. The molecule has 0 spiro atoms. The summed E-state index contributed by atoms with van der Waals surface area (Å²) in [6, 6.07) is 10.2. The summed E-state index contributed by atoms with van der Waals surface area (Å²) in [4.78, 5) is 28.7. The van der Waals surface area contributed by atoms with Crippen molar-refractivity contribution in [1.82, 2.24) is 9.38 Å². The van der Waals surface area contributed by atoms with Gasteiger partial charge in [0, 0.05) is 23.6 Å². The van der Waals surface area contributed by atoms with E-state index in [2.05, 4.69) is 10.3 Å². The summed E-state index contributed by atoms with van der Waals surface area (Å²) in [6.45, 7) is 4.21. The second kappa shape index (κ2) is 7.17. The Kier molecular flexibility index (Phi) is 4.79. The van der Waals surface area contributed by atoms with Gasteiger partial charge >= 0.3 is 5.97 Å². The molecule has 3 rings (SSSR count). The van der Waals surface area contributed by atoms with Gasteiger partial charge in [-0.15, -0.1) is 0 Å². The Morgan fingerprint density at radius 3 is 2.84 bits per heavy atom. The number of imidazole rings is 1. The van der Waals surface area contributed by atoms with Crippen LogP contribution in [0.2, 0.25) is 0 Å². The van der Waals surface area contributed by atoms with Crippen molar-refractivity contribution in [2.24, 2.45) is 0 Å². The molecule has 3 aromatic rings. The number of nitrogens with one attached hydrogen (secondary N) is 1. The average Bonchev–Trinajstić information content (AvgIpc) is 2.98. The fourth-order valence-corrected chi connectivity index (χ4v) is 2.46. The van der Waals surface area contributed by atoms with Crippen LogP contribution < -0.4 is 5.32 Å². The summed E-state index contributed by atoms with van der Waals surface area (Å²) < 4.78 is 6.97. The zero-order valence-electron chi connectivity index (χ0n) is 14.2. The first-order valence-corrected chi connectivity index (χ1v) is 8.10. The summed E-state index contributed by atoms with van der Waals surface area (Å²) in [5.74, 6) is -0.658. The lowest BCUT2D eigenvalue weighted by molar-refractivity contribution is 0.0505. The van der Waals surface area contributed by atoms with Gasteiger partial charge in [-0.25, -0.2) is 9.78 Å². The first-order valence-electron chi connectivity index (χ1n) is 8.10. The number of nitrogens with zero attached hydrogens (tertiary/aromatic N) is 2. The maximum atomic E-state index is 12.5. The van der Waals surface area contributed by atoms with E-state index in [1.165, 1.54) is 0 Å². The number of hydrogen-bond acceptors (Lipinski definition) is 4. The highest BCUT2D eigenvalue weighted by Gasteiger charge is 2.11. The maximum absolute atomic E-state index is 12.5. The van der Waals surface area contributed by atoms with Crippen LogP contribution in [0.4, 0.5) is 5.69 Å². The molecule has 1 N–H and O–H groups in total. The average molecular weight is 337 g/mol. The molecule has 0 saturated carbocycles. The number of anilines is 1. The van der Waals surface area contributed by atoms with Gasteiger partial charge < -0.3 is 14.5 Å². The number of rotatable bonds is 5. The standard InChI is InChI=1S/C19H19N3O3/c1-3-9-25-19(24)15-5-4-6-16(10-15)21-18(23)14-7-8-22-12-13(2)20-17(22)11-14/h4-8,10-12H,3,9H2,1-2H3,(H,21,23). The first kappa shape index (κ1) is 16.7. The van der Waals surface area contributed by atoms with Crippen LogP contribution in [0.25, 0.3) is 5.65 Å². The highest BCUT2D eigenvalue weighted by molar-refractivity contribution is 6.05. The Bertz CT molecular complexity index is 931. The van der Waals surface area contributed by atoms with Gasteiger partial charge in [0.1, 0.15) is 5.65 Å². The molecule has 0 unspecified atom stereocenters. The molecule has 2 heterocycles. The van der Waals surface area contributed by atoms with Gasteiger partial charge in [0.2, 0.25) is 0 Å². The van der Waals surface area contributed by atoms with Crippen molar-refractivity contribution in [2.45, 2.75) is 20.3 Å². The van der Waals surface area contributed by atoms with Crippen molar-refractivity contribution in [3.8, 4) is 0 Å². The quantitative estimate of drug-likeness (QED) is 0.724. The van der Waals surface area contributed by atoms with E-state index in [1.54, 1.807) is 42.6 Å². The molecule has 0 radical (unpaired) electrons. The minimum Gasteiger partial charge on any atom is -0.462 e. The van der Waals surface area contributed by atoms with Crippen LogP contribution >= 0.6 is 0 Å². The third kappa shape index (κ3) is 3.85. The lowest BCUT2D eigenvalue weighted by Crippen LogP contribution is -2.13. The third-order valence-electron chi connectivity index (χ3n) is 3.64. The number of benzene rings is 1. The van der Waals surface area contributed by atoms with E-state index >= 15 is 0 Å². The largest absolute Gasteiger partial charge is 0.462 e. The van der Waals surface area contributed by atoms with Crippen molar-refractivity contribution >= 4 is 23.2 Å². The molecule has 0 fully saturated rings. The molecular weight excluding hydrogens is 318 g/mol. The normalized spacial score (nSPS) is 10.6. The molecule has 6 nitrogen and oxygen atoms in total.